The highest BCUT2D eigenvalue weighted by atomic mass is 35.5. The highest BCUT2D eigenvalue weighted by Gasteiger charge is 2.33. The van der Waals surface area contributed by atoms with E-state index in [1.165, 1.54) is 26.2 Å². The van der Waals surface area contributed by atoms with Gasteiger partial charge < -0.3 is 15.7 Å². The Morgan fingerprint density at radius 1 is 1.09 bits per heavy atom. The number of aryl methyl sites for hydroxylation is 1. The quantitative estimate of drug-likeness (QED) is 0.315. The monoisotopic (exact) mass is 503 g/mol. The Morgan fingerprint density at radius 2 is 1.76 bits per heavy atom. The summed E-state index contributed by atoms with van der Waals surface area (Å²) in [7, 11) is -1.43. The van der Waals surface area contributed by atoms with E-state index in [9.17, 15) is 23.1 Å². The number of phenolic OH excluding ortho intramolecular Hbond substituents is 1. The van der Waals surface area contributed by atoms with Crippen molar-refractivity contribution in [1.29, 1.82) is 0 Å². The fraction of sp³-hybridized carbons (Fsp3) is 0.333. The second-order valence-corrected chi connectivity index (χ2v) is 11.3. The van der Waals surface area contributed by atoms with Gasteiger partial charge >= 0.3 is 0 Å². The number of benzene rings is 2. The van der Waals surface area contributed by atoms with E-state index in [4.69, 9.17) is 11.6 Å². The number of hydrogen-bond acceptors (Lipinski definition) is 7. The third-order valence-corrected chi connectivity index (χ3v) is 8.63. The molecule has 1 aliphatic rings. The van der Waals surface area contributed by atoms with E-state index in [0.717, 1.165) is 34.7 Å². The smallest absolute Gasteiger partial charge is 0.253 e. The van der Waals surface area contributed by atoms with Crippen LogP contribution in [0.2, 0.25) is 5.02 Å². The van der Waals surface area contributed by atoms with Crippen molar-refractivity contribution in [2.24, 2.45) is 5.92 Å². The van der Waals surface area contributed by atoms with Crippen molar-refractivity contribution in [3.63, 3.8) is 0 Å². The predicted octanol–water partition coefficient (Wildman–Crippen LogP) is 3.90. The third kappa shape index (κ3) is 4.19. The van der Waals surface area contributed by atoms with E-state index in [1.54, 1.807) is 0 Å². The van der Waals surface area contributed by atoms with Crippen LogP contribution in [0.5, 0.6) is 5.75 Å². The number of nitrogens with zero attached hydrogens (tertiary/aromatic N) is 1. The molecule has 3 N–H and O–H groups in total. The normalized spacial score (nSPS) is 15.3. The maximum atomic E-state index is 12.6. The van der Waals surface area contributed by atoms with Crippen molar-refractivity contribution < 1.29 is 13.5 Å². The molecule has 34 heavy (non-hydrogen) atoms. The lowest BCUT2D eigenvalue weighted by Crippen LogP contribution is -2.39. The summed E-state index contributed by atoms with van der Waals surface area (Å²) in [6.45, 7) is 1.99. The molecule has 8 nitrogen and oxygen atoms in total. The molecular formula is C24H26ClN3O5S. The summed E-state index contributed by atoms with van der Waals surface area (Å²) in [5.41, 5.74) is 0.767. The minimum Gasteiger partial charge on any atom is -0.504 e. The van der Waals surface area contributed by atoms with Gasteiger partial charge in [-0.1, -0.05) is 47.9 Å². The van der Waals surface area contributed by atoms with Gasteiger partial charge in [0.1, 0.15) is 16.3 Å². The number of sulfonamides is 1. The fourth-order valence-corrected chi connectivity index (χ4v) is 5.60. The van der Waals surface area contributed by atoms with Crippen LogP contribution < -0.4 is 21.5 Å². The largest absolute Gasteiger partial charge is 0.504 e. The summed E-state index contributed by atoms with van der Waals surface area (Å²) in [5, 5.41) is 16.5. The Bertz CT molecular complexity index is 1420. The van der Waals surface area contributed by atoms with E-state index >= 15 is 0 Å². The van der Waals surface area contributed by atoms with Crippen LogP contribution in [0.15, 0.2) is 50.9 Å². The maximum absolute atomic E-state index is 12.6. The van der Waals surface area contributed by atoms with Crippen LogP contribution in [0.3, 0.4) is 0 Å². The van der Waals surface area contributed by atoms with Crippen LogP contribution in [0.1, 0.15) is 36.4 Å². The number of aromatic hydroxyl groups is 1. The molecule has 1 fully saturated rings. The van der Waals surface area contributed by atoms with Gasteiger partial charge in [-0.15, -0.1) is 0 Å². The molecule has 180 valence electrons. The Kier molecular flexibility index (Phi) is 6.46. The first kappa shape index (κ1) is 24.3. The Morgan fingerprint density at radius 3 is 2.35 bits per heavy atom. The third-order valence-electron chi connectivity index (χ3n) is 6.31. The van der Waals surface area contributed by atoms with Gasteiger partial charge in [0.2, 0.25) is 10.0 Å². The second kappa shape index (κ2) is 9.05. The van der Waals surface area contributed by atoms with Crippen LogP contribution in [0.4, 0.5) is 17.1 Å². The van der Waals surface area contributed by atoms with Crippen molar-refractivity contribution in [2.75, 3.05) is 24.7 Å². The van der Waals surface area contributed by atoms with Gasteiger partial charge in [-0.2, -0.15) is 0 Å². The summed E-state index contributed by atoms with van der Waals surface area (Å²) < 4.78 is 26.2. The summed E-state index contributed by atoms with van der Waals surface area (Å²) in [5.74, 6) is -0.311. The van der Waals surface area contributed by atoms with Crippen molar-refractivity contribution in [3.05, 3.63) is 73.0 Å². The molecule has 0 heterocycles. The first-order chi connectivity index (χ1) is 16.0. The van der Waals surface area contributed by atoms with Crippen LogP contribution in [0, 0.1) is 12.8 Å². The molecule has 0 saturated heterocycles. The lowest BCUT2D eigenvalue weighted by Gasteiger charge is -2.36. The summed E-state index contributed by atoms with van der Waals surface area (Å²) in [6.07, 6.45) is 3.12. The number of nitrogens with one attached hydrogen (secondary N) is 2. The average molecular weight is 504 g/mol. The second-order valence-electron chi connectivity index (χ2n) is 8.82. The molecule has 1 aliphatic carbocycles. The molecule has 1 saturated carbocycles. The highest BCUT2D eigenvalue weighted by Crippen LogP contribution is 2.42. The number of rotatable bonds is 8. The Labute approximate surface area is 202 Å². The molecule has 4 rings (SSSR count). The first-order valence-corrected chi connectivity index (χ1v) is 12.7. The average Bonchev–Trinajstić information content (AvgIpc) is 2.74. The SMILES string of the molecule is Cc1cccc(C(Nc2c(Nc3ccc(Cl)c(S(=O)(=O)N(C)C)c3O)c(=O)c2=O)C2CCC2)c1. The van der Waals surface area contributed by atoms with Gasteiger partial charge in [0.05, 0.1) is 16.8 Å². The van der Waals surface area contributed by atoms with Gasteiger partial charge in [0, 0.05) is 14.1 Å². The molecule has 0 amide bonds. The molecule has 0 spiro atoms. The Balaban J connectivity index is 1.70. The van der Waals surface area contributed by atoms with Gasteiger partial charge in [-0.05, 0) is 43.4 Å². The zero-order chi connectivity index (χ0) is 24.8. The summed E-state index contributed by atoms with van der Waals surface area (Å²) in [6, 6.07) is 10.5. The number of halogens is 1. The van der Waals surface area contributed by atoms with Crippen molar-refractivity contribution in [3.8, 4) is 5.75 Å². The van der Waals surface area contributed by atoms with E-state index in [1.807, 2.05) is 25.1 Å². The molecule has 0 radical (unpaired) electrons. The van der Waals surface area contributed by atoms with Gasteiger partial charge in [-0.3, -0.25) is 9.59 Å². The predicted molar refractivity (Wildman–Crippen MR) is 134 cm³/mol. The van der Waals surface area contributed by atoms with Gasteiger partial charge in [0.25, 0.3) is 10.9 Å². The zero-order valence-electron chi connectivity index (χ0n) is 19.1. The van der Waals surface area contributed by atoms with Gasteiger partial charge in [0.15, 0.2) is 5.75 Å². The van der Waals surface area contributed by atoms with Crippen molar-refractivity contribution in [1.82, 2.24) is 4.31 Å². The molecule has 0 aromatic heterocycles. The van der Waals surface area contributed by atoms with E-state index < -0.39 is 31.5 Å². The van der Waals surface area contributed by atoms with E-state index in [-0.39, 0.29) is 28.1 Å². The van der Waals surface area contributed by atoms with E-state index in [2.05, 4.69) is 16.7 Å². The first-order valence-electron chi connectivity index (χ1n) is 10.9. The minimum atomic E-state index is -4.06. The number of phenols is 1. The summed E-state index contributed by atoms with van der Waals surface area (Å²) >= 11 is 6.06. The van der Waals surface area contributed by atoms with Crippen LogP contribution >= 0.6 is 11.6 Å². The van der Waals surface area contributed by atoms with Crippen molar-refractivity contribution in [2.45, 2.75) is 37.1 Å². The highest BCUT2D eigenvalue weighted by molar-refractivity contribution is 7.89. The molecule has 0 bridgehead atoms. The Hall–Kier alpha value is -2.88. The lowest BCUT2D eigenvalue weighted by atomic mass is 9.76. The molecule has 1 unspecified atom stereocenters. The molecule has 3 aromatic carbocycles. The lowest BCUT2D eigenvalue weighted by molar-refractivity contribution is 0.277. The van der Waals surface area contributed by atoms with E-state index in [0.29, 0.717) is 5.92 Å². The minimum absolute atomic E-state index is 0.0206. The molecule has 1 atom stereocenters. The van der Waals surface area contributed by atoms with Crippen molar-refractivity contribution >= 4 is 38.7 Å². The molecule has 3 aromatic rings. The zero-order valence-corrected chi connectivity index (χ0v) is 20.6. The van der Waals surface area contributed by atoms with Crippen LogP contribution in [-0.2, 0) is 10.0 Å². The number of hydrogen-bond donors (Lipinski definition) is 3. The summed E-state index contributed by atoms with van der Waals surface area (Å²) in [4.78, 5) is 24.4. The van der Waals surface area contributed by atoms with Crippen LogP contribution in [-0.4, -0.2) is 31.9 Å². The fourth-order valence-electron chi connectivity index (χ4n) is 4.12. The maximum Gasteiger partial charge on any atom is 0.253 e. The standard InChI is InChI=1S/C24H26ClN3O5S/c1-13-6-4-9-15(12-13)18(14-7-5-8-14)27-20-19(22(30)23(20)31)26-17-11-10-16(25)24(21(17)29)34(32,33)28(2)3/h4,6,9-12,14,18,26-27,29H,5,7-8H2,1-3H3. The van der Waals surface area contributed by atoms with Crippen LogP contribution in [0.25, 0.3) is 0 Å². The topological polar surface area (TPSA) is 116 Å². The number of anilines is 3. The van der Waals surface area contributed by atoms with Gasteiger partial charge in [-0.25, -0.2) is 12.7 Å². The molecular weight excluding hydrogens is 478 g/mol. The molecule has 0 aliphatic heterocycles. The molecule has 10 heteroatoms.